The normalized spacial score (nSPS) is 19.6. The van der Waals surface area contributed by atoms with E-state index in [4.69, 9.17) is 9.84 Å². The van der Waals surface area contributed by atoms with Crippen molar-refractivity contribution >= 4 is 0 Å². The van der Waals surface area contributed by atoms with Gasteiger partial charge in [0.15, 0.2) is 0 Å². The lowest BCUT2D eigenvalue weighted by Gasteiger charge is -2.17. The van der Waals surface area contributed by atoms with Crippen molar-refractivity contribution in [2.75, 3.05) is 26.4 Å². The first kappa shape index (κ1) is 12.9. The van der Waals surface area contributed by atoms with Crippen LogP contribution in [-0.2, 0) is 4.74 Å². The fourth-order valence-electron chi connectivity index (χ4n) is 2.08. The van der Waals surface area contributed by atoms with Gasteiger partial charge in [-0.15, -0.1) is 0 Å². The Bertz CT molecular complexity index is 147. The maximum absolute atomic E-state index is 9.10. The lowest BCUT2D eigenvalue weighted by atomic mass is 10.1. The molecule has 1 unspecified atom stereocenters. The van der Waals surface area contributed by atoms with Crippen LogP contribution in [0.2, 0.25) is 0 Å². The zero-order chi connectivity index (χ0) is 10.9. The number of hydrogen-bond donors (Lipinski definition) is 2. The van der Waals surface area contributed by atoms with Gasteiger partial charge in [0.25, 0.3) is 0 Å². The molecule has 0 aromatic heterocycles. The van der Waals surface area contributed by atoms with Gasteiger partial charge in [0.2, 0.25) is 0 Å². The Hall–Kier alpha value is -0.120. The third-order valence-electron chi connectivity index (χ3n) is 3.05. The summed E-state index contributed by atoms with van der Waals surface area (Å²) in [5, 5.41) is 12.4. The molecule has 3 heteroatoms. The van der Waals surface area contributed by atoms with E-state index in [1.807, 2.05) is 0 Å². The molecule has 0 bridgehead atoms. The van der Waals surface area contributed by atoms with Gasteiger partial charge in [0.05, 0.1) is 19.3 Å². The van der Waals surface area contributed by atoms with Crippen LogP contribution in [0.5, 0.6) is 0 Å². The van der Waals surface area contributed by atoms with Crippen molar-refractivity contribution in [2.45, 2.75) is 45.1 Å². The molecule has 1 aliphatic rings. The van der Waals surface area contributed by atoms with E-state index in [-0.39, 0.29) is 12.6 Å². The largest absolute Gasteiger partial charge is 0.395 e. The van der Waals surface area contributed by atoms with Crippen LogP contribution in [0.3, 0.4) is 0 Å². The zero-order valence-corrected chi connectivity index (χ0v) is 9.87. The number of ether oxygens (including phenoxy) is 1. The van der Waals surface area contributed by atoms with Gasteiger partial charge in [-0.2, -0.15) is 0 Å². The number of rotatable bonds is 8. The molecule has 0 saturated heterocycles. The lowest BCUT2D eigenvalue weighted by Crippen LogP contribution is -2.37. The average molecular weight is 215 g/mol. The topological polar surface area (TPSA) is 41.5 Å². The maximum Gasteiger partial charge on any atom is 0.0642 e. The summed E-state index contributed by atoms with van der Waals surface area (Å²) in [6.45, 7) is 4.78. The molecule has 1 atom stereocenters. The number of nitrogens with one attached hydrogen (secondary N) is 1. The Morgan fingerprint density at radius 3 is 2.73 bits per heavy atom. The van der Waals surface area contributed by atoms with Crippen molar-refractivity contribution in [3.8, 4) is 0 Å². The van der Waals surface area contributed by atoms with Gasteiger partial charge in [-0.1, -0.05) is 19.8 Å². The Kier molecular flexibility index (Phi) is 6.98. The molecule has 15 heavy (non-hydrogen) atoms. The predicted octanol–water partition coefficient (Wildman–Crippen LogP) is 1.55. The molecule has 1 fully saturated rings. The number of aliphatic hydroxyl groups excluding tert-OH is 1. The van der Waals surface area contributed by atoms with Crippen LogP contribution in [-0.4, -0.2) is 37.5 Å². The number of aliphatic hydroxyl groups is 1. The molecule has 0 amide bonds. The van der Waals surface area contributed by atoms with Gasteiger partial charge in [-0.05, 0) is 31.7 Å². The third-order valence-corrected chi connectivity index (χ3v) is 3.05. The highest BCUT2D eigenvalue weighted by molar-refractivity contribution is 4.68. The molecule has 0 spiro atoms. The summed E-state index contributed by atoms with van der Waals surface area (Å²) in [5.41, 5.74) is 0. The van der Waals surface area contributed by atoms with Gasteiger partial charge in [-0.3, -0.25) is 0 Å². The van der Waals surface area contributed by atoms with Gasteiger partial charge in [0.1, 0.15) is 0 Å². The van der Waals surface area contributed by atoms with Crippen molar-refractivity contribution in [1.82, 2.24) is 5.32 Å². The first-order valence-corrected chi connectivity index (χ1v) is 6.28. The molecule has 90 valence electrons. The summed E-state index contributed by atoms with van der Waals surface area (Å²) in [5.74, 6) is 0.774. The van der Waals surface area contributed by atoms with Crippen LogP contribution in [0.1, 0.15) is 39.0 Å². The van der Waals surface area contributed by atoms with E-state index in [9.17, 15) is 0 Å². The van der Waals surface area contributed by atoms with Crippen molar-refractivity contribution in [3.63, 3.8) is 0 Å². The molecule has 0 aliphatic heterocycles. The smallest absolute Gasteiger partial charge is 0.0642 e. The monoisotopic (exact) mass is 215 g/mol. The summed E-state index contributed by atoms with van der Waals surface area (Å²) < 4.78 is 5.65. The molecule has 3 nitrogen and oxygen atoms in total. The molecule has 0 aromatic rings. The molecular formula is C12H25NO2. The van der Waals surface area contributed by atoms with Crippen molar-refractivity contribution in [3.05, 3.63) is 0 Å². The summed E-state index contributed by atoms with van der Waals surface area (Å²) in [7, 11) is 0. The molecule has 1 rings (SSSR count). The third kappa shape index (κ3) is 5.50. The van der Waals surface area contributed by atoms with Crippen LogP contribution < -0.4 is 5.32 Å². The minimum atomic E-state index is 0.117. The van der Waals surface area contributed by atoms with E-state index in [1.165, 1.54) is 25.7 Å². The van der Waals surface area contributed by atoms with Gasteiger partial charge in [-0.25, -0.2) is 0 Å². The average Bonchev–Trinajstić information content (AvgIpc) is 2.76. The Labute approximate surface area is 93.2 Å². The molecule has 2 N–H and O–H groups in total. The van der Waals surface area contributed by atoms with Crippen LogP contribution in [0.4, 0.5) is 0 Å². The molecular weight excluding hydrogens is 190 g/mol. The highest BCUT2D eigenvalue weighted by Crippen LogP contribution is 2.24. The minimum Gasteiger partial charge on any atom is -0.395 e. The summed E-state index contributed by atoms with van der Waals surface area (Å²) >= 11 is 0. The maximum atomic E-state index is 9.10. The second-order valence-corrected chi connectivity index (χ2v) is 4.52. The Morgan fingerprint density at radius 1 is 1.40 bits per heavy atom. The highest BCUT2D eigenvalue weighted by Gasteiger charge is 2.15. The molecule has 1 saturated carbocycles. The molecule has 0 radical (unpaired) electrons. The molecule has 0 heterocycles. The van der Waals surface area contributed by atoms with Crippen LogP contribution in [0, 0.1) is 5.92 Å². The Balaban J connectivity index is 2.00. The van der Waals surface area contributed by atoms with Crippen molar-refractivity contribution in [1.29, 1.82) is 0 Å². The first-order chi connectivity index (χ1) is 7.36. The zero-order valence-electron chi connectivity index (χ0n) is 9.87. The van der Waals surface area contributed by atoms with Gasteiger partial charge < -0.3 is 15.2 Å². The Morgan fingerprint density at radius 2 is 2.13 bits per heavy atom. The van der Waals surface area contributed by atoms with E-state index in [0.29, 0.717) is 6.61 Å². The van der Waals surface area contributed by atoms with Gasteiger partial charge >= 0.3 is 0 Å². The van der Waals surface area contributed by atoms with E-state index in [0.717, 1.165) is 25.5 Å². The van der Waals surface area contributed by atoms with Crippen LogP contribution in [0.15, 0.2) is 0 Å². The molecule has 1 aliphatic carbocycles. The van der Waals surface area contributed by atoms with Crippen LogP contribution in [0.25, 0.3) is 0 Å². The SMILES string of the molecule is CCCNC(CO)COCC1CCCC1. The summed E-state index contributed by atoms with van der Waals surface area (Å²) in [6.07, 6.45) is 6.48. The lowest BCUT2D eigenvalue weighted by molar-refractivity contribution is 0.0666. The summed E-state index contributed by atoms with van der Waals surface area (Å²) in [4.78, 5) is 0. The number of hydrogen-bond acceptors (Lipinski definition) is 3. The fraction of sp³-hybridized carbons (Fsp3) is 1.00. The second kappa shape index (κ2) is 8.08. The minimum absolute atomic E-state index is 0.117. The predicted molar refractivity (Wildman–Crippen MR) is 61.9 cm³/mol. The van der Waals surface area contributed by atoms with Crippen LogP contribution >= 0.6 is 0 Å². The second-order valence-electron chi connectivity index (χ2n) is 4.52. The first-order valence-electron chi connectivity index (χ1n) is 6.28. The highest BCUT2D eigenvalue weighted by atomic mass is 16.5. The van der Waals surface area contributed by atoms with E-state index >= 15 is 0 Å². The quantitative estimate of drug-likeness (QED) is 0.645. The van der Waals surface area contributed by atoms with Gasteiger partial charge in [0, 0.05) is 6.61 Å². The van der Waals surface area contributed by atoms with Crippen molar-refractivity contribution < 1.29 is 9.84 Å². The van der Waals surface area contributed by atoms with Crippen molar-refractivity contribution in [2.24, 2.45) is 5.92 Å². The molecule has 0 aromatic carbocycles. The summed E-state index contributed by atoms with van der Waals surface area (Å²) in [6, 6.07) is 0.117. The van der Waals surface area contributed by atoms with E-state index in [1.54, 1.807) is 0 Å². The van der Waals surface area contributed by atoms with E-state index in [2.05, 4.69) is 12.2 Å². The fourth-order valence-corrected chi connectivity index (χ4v) is 2.08. The van der Waals surface area contributed by atoms with E-state index < -0.39 is 0 Å². The standard InChI is InChI=1S/C12H25NO2/c1-2-7-13-12(8-14)10-15-9-11-5-3-4-6-11/h11-14H,2-10H2,1H3.